The molecular formula is C65H44. The fourth-order valence-corrected chi connectivity index (χ4v) is 10.8. The maximum atomic E-state index is 2.52. The highest BCUT2D eigenvalue weighted by Crippen LogP contribution is 2.59. The normalized spacial score (nSPS) is 12.4. The maximum Gasteiger partial charge on any atom is 0.0719 e. The highest BCUT2D eigenvalue weighted by Gasteiger charge is 2.47. The molecule has 0 atom stereocenters. The van der Waals surface area contributed by atoms with Gasteiger partial charge in [0.25, 0.3) is 0 Å². The van der Waals surface area contributed by atoms with E-state index in [-0.39, 0.29) is 0 Å². The van der Waals surface area contributed by atoms with Crippen molar-refractivity contribution in [3.8, 4) is 77.9 Å². The van der Waals surface area contributed by atoms with Gasteiger partial charge in [-0.25, -0.2) is 0 Å². The first-order chi connectivity index (χ1) is 32.3. The second-order valence-corrected chi connectivity index (χ2v) is 17.1. The predicted octanol–water partition coefficient (Wildman–Crippen LogP) is 17.2. The Balaban J connectivity index is 1.14. The third-order valence-corrected chi connectivity index (χ3v) is 13.6. The molecule has 1 aliphatic carbocycles. The Kier molecular flexibility index (Phi) is 9.50. The predicted molar refractivity (Wildman–Crippen MR) is 274 cm³/mol. The number of benzene rings is 11. The molecule has 65 heavy (non-hydrogen) atoms. The summed E-state index contributed by atoms with van der Waals surface area (Å²) in [5.74, 6) is 0. The van der Waals surface area contributed by atoms with Crippen molar-refractivity contribution in [3.63, 3.8) is 0 Å². The second kappa shape index (κ2) is 16.1. The van der Waals surface area contributed by atoms with Crippen molar-refractivity contribution in [1.29, 1.82) is 0 Å². The third-order valence-electron chi connectivity index (χ3n) is 13.6. The molecule has 1 aliphatic rings. The second-order valence-electron chi connectivity index (χ2n) is 17.1. The van der Waals surface area contributed by atoms with E-state index in [0.717, 1.165) is 0 Å². The largest absolute Gasteiger partial charge is 0.0719 e. The van der Waals surface area contributed by atoms with Gasteiger partial charge in [-0.05, 0) is 123 Å². The Bertz CT molecular complexity index is 3330. The minimum atomic E-state index is -0.615. The Morgan fingerprint density at radius 3 is 1.03 bits per heavy atom. The smallest absolute Gasteiger partial charge is 0.0622 e. The summed E-state index contributed by atoms with van der Waals surface area (Å²) in [4.78, 5) is 0. The molecular weight excluding hydrogens is 781 g/mol. The van der Waals surface area contributed by atoms with Crippen molar-refractivity contribution in [3.05, 3.63) is 289 Å². The zero-order valence-electron chi connectivity index (χ0n) is 35.9. The van der Waals surface area contributed by atoms with Gasteiger partial charge >= 0.3 is 0 Å². The van der Waals surface area contributed by atoms with Crippen LogP contribution in [0, 0.1) is 0 Å². The van der Waals surface area contributed by atoms with Crippen molar-refractivity contribution in [1.82, 2.24) is 0 Å². The summed E-state index contributed by atoms with van der Waals surface area (Å²) in [6.45, 7) is 0. The standard InChI is InChI=1S/C65H44/c1-7-21-45(22-8-1)54-33-19-34-55(46-23-9-2-10-24-46)62(54)50-38-40-58-49(43-50)37-42-60-59-41-39-51(44-61(59)65(64(58)60,52-29-15-5-16-30-52)53-31-17-6-18-32-53)63-56(47-25-11-3-12-26-47)35-20-36-57(63)48-27-13-4-14-28-48/h1-44H. The lowest BCUT2D eigenvalue weighted by Gasteiger charge is -2.35. The molecule has 0 bridgehead atoms. The van der Waals surface area contributed by atoms with E-state index in [1.54, 1.807) is 0 Å². The summed E-state index contributed by atoms with van der Waals surface area (Å²) < 4.78 is 0. The van der Waals surface area contributed by atoms with Gasteiger partial charge in [0.05, 0.1) is 5.41 Å². The molecule has 11 aromatic carbocycles. The van der Waals surface area contributed by atoms with Gasteiger partial charge in [-0.15, -0.1) is 0 Å². The van der Waals surface area contributed by atoms with Crippen LogP contribution in [0.2, 0.25) is 0 Å². The molecule has 0 heteroatoms. The Labute approximate surface area is 381 Å². The van der Waals surface area contributed by atoms with Crippen LogP contribution in [0.25, 0.3) is 88.7 Å². The molecule has 0 fully saturated rings. The maximum absolute atomic E-state index is 2.52. The van der Waals surface area contributed by atoms with Gasteiger partial charge in [0, 0.05) is 0 Å². The van der Waals surface area contributed by atoms with Gasteiger partial charge in [0.2, 0.25) is 0 Å². The van der Waals surface area contributed by atoms with E-state index in [2.05, 4.69) is 267 Å². The van der Waals surface area contributed by atoms with Gasteiger partial charge in [0.1, 0.15) is 0 Å². The fraction of sp³-hybridized carbons (Fsp3) is 0.0154. The van der Waals surface area contributed by atoms with Gasteiger partial charge in [-0.3, -0.25) is 0 Å². The molecule has 11 aromatic rings. The van der Waals surface area contributed by atoms with Crippen molar-refractivity contribution in [2.24, 2.45) is 0 Å². The van der Waals surface area contributed by atoms with Crippen molar-refractivity contribution in [2.45, 2.75) is 5.41 Å². The van der Waals surface area contributed by atoms with Gasteiger partial charge < -0.3 is 0 Å². The Hall–Kier alpha value is -8.32. The summed E-state index contributed by atoms with van der Waals surface area (Å²) in [5.41, 5.74) is 21.6. The highest BCUT2D eigenvalue weighted by atomic mass is 14.5. The van der Waals surface area contributed by atoms with E-state index in [1.165, 1.54) is 111 Å². The van der Waals surface area contributed by atoms with E-state index in [0.29, 0.717) is 0 Å². The third kappa shape index (κ3) is 6.37. The highest BCUT2D eigenvalue weighted by molar-refractivity contribution is 6.05. The first-order valence-electron chi connectivity index (χ1n) is 22.6. The van der Waals surface area contributed by atoms with E-state index in [4.69, 9.17) is 0 Å². The van der Waals surface area contributed by atoms with E-state index >= 15 is 0 Å². The summed E-state index contributed by atoms with van der Waals surface area (Å²) in [7, 11) is 0. The minimum absolute atomic E-state index is 0.615. The number of rotatable bonds is 8. The lowest BCUT2D eigenvalue weighted by molar-refractivity contribution is 0.776. The summed E-state index contributed by atoms with van der Waals surface area (Å²) in [6.07, 6.45) is 0. The summed E-state index contributed by atoms with van der Waals surface area (Å²) in [5, 5.41) is 2.47. The number of hydrogen-bond acceptors (Lipinski definition) is 0. The van der Waals surface area contributed by atoms with E-state index in [1.807, 2.05) is 0 Å². The van der Waals surface area contributed by atoms with Crippen LogP contribution < -0.4 is 0 Å². The van der Waals surface area contributed by atoms with Crippen molar-refractivity contribution >= 4 is 10.8 Å². The lowest BCUT2D eigenvalue weighted by atomic mass is 9.66. The molecule has 0 amide bonds. The molecule has 0 radical (unpaired) electrons. The van der Waals surface area contributed by atoms with Crippen LogP contribution >= 0.6 is 0 Å². The Morgan fingerprint density at radius 2 is 0.600 bits per heavy atom. The van der Waals surface area contributed by atoms with Crippen LogP contribution in [0.1, 0.15) is 22.3 Å². The SMILES string of the molecule is c1ccc(-c2cccc(-c3ccccc3)c2-c2ccc3c(c2)C(c2ccccc2)(c2ccccc2)c2c-3ccc3cc(-c4c(-c5ccccc5)cccc4-c4ccccc4)ccc23)cc1. The first kappa shape index (κ1) is 38.4. The lowest BCUT2D eigenvalue weighted by Crippen LogP contribution is -2.28. The topological polar surface area (TPSA) is 0 Å². The van der Waals surface area contributed by atoms with Crippen LogP contribution in [-0.2, 0) is 5.41 Å². The van der Waals surface area contributed by atoms with Gasteiger partial charge in [-0.2, -0.15) is 0 Å². The molecule has 0 heterocycles. The average Bonchev–Trinajstić information content (AvgIpc) is 3.70. The van der Waals surface area contributed by atoms with Crippen LogP contribution in [0.4, 0.5) is 0 Å². The first-order valence-corrected chi connectivity index (χ1v) is 22.6. The average molecular weight is 825 g/mol. The van der Waals surface area contributed by atoms with E-state index in [9.17, 15) is 0 Å². The zero-order chi connectivity index (χ0) is 43.2. The molecule has 0 aliphatic heterocycles. The van der Waals surface area contributed by atoms with E-state index < -0.39 is 5.41 Å². The molecule has 0 N–H and O–H groups in total. The van der Waals surface area contributed by atoms with Gasteiger partial charge in [0.15, 0.2) is 0 Å². The number of hydrogen-bond donors (Lipinski definition) is 0. The van der Waals surface area contributed by atoms with Crippen molar-refractivity contribution < 1.29 is 0 Å². The van der Waals surface area contributed by atoms with Crippen LogP contribution in [0.3, 0.4) is 0 Å². The molecule has 0 nitrogen and oxygen atoms in total. The Morgan fingerprint density at radius 1 is 0.231 bits per heavy atom. The molecule has 0 spiro atoms. The molecule has 0 saturated heterocycles. The molecule has 0 unspecified atom stereocenters. The molecule has 0 saturated carbocycles. The van der Waals surface area contributed by atoms with Crippen LogP contribution in [0.5, 0.6) is 0 Å². The molecule has 304 valence electrons. The summed E-state index contributed by atoms with van der Waals surface area (Å²) in [6, 6.07) is 98.5. The fourth-order valence-electron chi connectivity index (χ4n) is 10.8. The minimum Gasteiger partial charge on any atom is -0.0622 e. The number of fused-ring (bicyclic) bond motifs is 5. The molecule has 0 aromatic heterocycles. The zero-order valence-corrected chi connectivity index (χ0v) is 35.9. The quantitative estimate of drug-likeness (QED) is 0.143. The van der Waals surface area contributed by atoms with Gasteiger partial charge in [-0.1, -0.05) is 255 Å². The monoisotopic (exact) mass is 824 g/mol. The van der Waals surface area contributed by atoms with Crippen LogP contribution in [-0.4, -0.2) is 0 Å². The molecule has 12 rings (SSSR count). The van der Waals surface area contributed by atoms with Crippen LogP contribution in [0.15, 0.2) is 267 Å². The van der Waals surface area contributed by atoms with Crippen molar-refractivity contribution in [2.75, 3.05) is 0 Å². The summed E-state index contributed by atoms with van der Waals surface area (Å²) >= 11 is 0.